The van der Waals surface area contributed by atoms with Crippen LogP contribution in [0, 0.1) is 0 Å². The third-order valence-electron chi connectivity index (χ3n) is 5.09. The molecule has 3 rings (SSSR count). The molecule has 1 aromatic carbocycles. The lowest BCUT2D eigenvalue weighted by molar-refractivity contribution is 0.0694. The summed E-state index contributed by atoms with van der Waals surface area (Å²) in [7, 11) is 0. The van der Waals surface area contributed by atoms with Gasteiger partial charge in [0, 0.05) is 19.7 Å². The number of hydrogen-bond donors (Lipinski definition) is 2. The first-order valence-electron chi connectivity index (χ1n) is 8.72. The zero-order valence-electron chi connectivity index (χ0n) is 14.2. The van der Waals surface area contributed by atoms with Gasteiger partial charge in [0.1, 0.15) is 0 Å². The van der Waals surface area contributed by atoms with Crippen molar-refractivity contribution in [3.05, 3.63) is 48.0 Å². The van der Waals surface area contributed by atoms with Crippen LogP contribution in [0.5, 0.6) is 0 Å². The highest BCUT2D eigenvalue weighted by Gasteiger charge is 2.31. The smallest absolute Gasteiger partial charge is 0.335 e. The molecular formula is C19H24N2O4. The first-order chi connectivity index (χ1) is 12.1. The lowest BCUT2D eigenvalue weighted by Crippen LogP contribution is -2.49. The van der Waals surface area contributed by atoms with Crippen molar-refractivity contribution in [1.82, 2.24) is 10.2 Å². The number of carbonyl (C=O) groups is 2. The fourth-order valence-electron chi connectivity index (χ4n) is 3.69. The summed E-state index contributed by atoms with van der Waals surface area (Å²) in [6.07, 6.45) is 3.94. The Kier molecular flexibility index (Phi) is 5.38. The van der Waals surface area contributed by atoms with Gasteiger partial charge in [0.25, 0.3) is 0 Å². The number of rotatable bonds is 4. The van der Waals surface area contributed by atoms with E-state index in [9.17, 15) is 14.7 Å². The molecule has 25 heavy (non-hydrogen) atoms. The van der Waals surface area contributed by atoms with Gasteiger partial charge in [0.2, 0.25) is 0 Å². The number of carbonyl (C=O) groups excluding carboxylic acids is 1. The Labute approximate surface area is 147 Å². The molecule has 6 nitrogen and oxygen atoms in total. The van der Waals surface area contributed by atoms with Crippen LogP contribution in [0.3, 0.4) is 0 Å². The average Bonchev–Trinajstić information content (AvgIpc) is 3.09. The Hall–Kier alpha value is -2.34. The lowest BCUT2D eigenvalue weighted by atomic mass is 9.86. The minimum atomic E-state index is -0.896. The molecule has 2 fully saturated rings. The number of carboxylic acid groups (broad SMARTS) is 1. The second-order valence-corrected chi connectivity index (χ2v) is 6.57. The highest BCUT2D eigenvalue weighted by Crippen LogP contribution is 2.30. The van der Waals surface area contributed by atoms with Crippen LogP contribution in [0.25, 0.3) is 0 Å². The maximum Gasteiger partial charge on any atom is 0.335 e. The first kappa shape index (κ1) is 17.5. The number of urea groups is 1. The molecule has 0 aromatic heterocycles. The summed E-state index contributed by atoms with van der Waals surface area (Å²) < 4.78 is 5.51. The molecule has 0 saturated carbocycles. The Balaban J connectivity index is 1.58. The lowest BCUT2D eigenvalue weighted by Gasteiger charge is -2.33. The van der Waals surface area contributed by atoms with Crippen LogP contribution in [0.1, 0.15) is 41.1 Å². The molecule has 2 aliphatic heterocycles. The van der Waals surface area contributed by atoms with Crippen molar-refractivity contribution >= 4 is 12.0 Å². The molecule has 6 heteroatoms. The molecule has 2 saturated heterocycles. The zero-order chi connectivity index (χ0) is 17.8. The summed E-state index contributed by atoms with van der Waals surface area (Å²) in [4.78, 5) is 25.7. The van der Waals surface area contributed by atoms with Gasteiger partial charge in [-0.2, -0.15) is 0 Å². The second kappa shape index (κ2) is 7.70. The van der Waals surface area contributed by atoms with Crippen LogP contribution in [0.15, 0.2) is 36.9 Å². The van der Waals surface area contributed by atoms with Crippen molar-refractivity contribution in [2.45, 2.75) is 37.3 Å². The molecule has 1 aromatic rings. The molecule has 0 unspecified atom stereocenters. The predicted octanol–water partition coefficient (Wildman–Crippen LogP) is 2.62. The highest BCUT2D eigenvalue weighted by molar-refractivity contribution is 5.89. The molecule has 2 aliphatic rings. The Morgan fingerprint density at radius 1 is 1.24 bits per heavy atom. The topological polar surface area (TPSA) is 78.9 Å². The average molecular weight is 344 g/mol. The van der Waals surface area contributed by atoms with E-state index in [0.717, 1.165) is 24.8 Å². The fourth-order valence-corrected chi connectivity index (χ4v) is 3.69. The number of hydrogen-bond acceptors (Lipinski definition) is 3. The maximum absolute atomic E-state index is 12.5. The number of benzene rings is 1. The molecule has 134 valence electrons. The Morgan fingerprint density at radius 2 is 1.96 bits per heavy atom. The number of piperidine rings is 1. The van der Waals surface area contributed by atoms with Crippen molar-refractivity contribution in [3.8, 4) is 0 Å². The monoisotopic (exact) mass is 344 g/mol. The van der Waals surface area contributed by atoms with Gasteiger partial charge in [0.15, 0.2) is 0 Å². The Morgan fingerprint density at radius 3 is 2.64 bits per heavy atom. The zero-order valence-corrected chi connectivity index (χ0v) is 14.2. The molecule has 0 radical (unpaired) electrons. The van der Waals surface area contributed by atoms with Crippen LogP contribution in [-0.4, -0.2) is 53.8 Å². The van der Waals surface area contributed by atoms with Crippen LogP contribution < -0.4 is 5.32 Å². The van der Waals surface area contributed by atoms with E-state index in [-0.39, 0.29) is 24.1 Å². The molecule has 2 amide bonds. The summed E-state index contributed by atoms with van der Waals surface area (Å²) in [6.45, 7) is 5.62. The third-order valence-corrected chi connectivity index (χ3v) is 5.09. The second-order valence-electron chi connectivity index (χ2n) is 6.57. The van der Waals surface area contributed by atoms with Gasteiger partial charge in [-0.15, -0.1) is 6.58 Å². The standard InChI is InChI=1S/C19H24N2O4/c1-2-17-16(9-12-25-17)20-19(24)21-10-7-13(8-11-21)14-5-3-4-6-15(14)18(22)23/h2-6,13,16-17H,1,7-12H2,(H,20,24)(H,22,23)/t16-,17+/m1/s1. The van der Waals surface area contributed by atoms with E-state index >= 15 is 0 Å². The number of carboxylic acids is 1. The van der Waals surface area contributed by atoms with Crippen molar-refractivity contribution in [2.75, 3.05) is 19.7 Å². The van der Waals surface area contributed by atoms with Gasteiger partial charge in [-0.3, -0.25) is 0 Å². The van der Waals surface area contributed by atoms with Gasteiger partial charge in [-0.1, -0.05) is 24.3 Å². The normalized spacial score (nSPS) is 24.1. The Bertz CT molecular complexity index is 653. The van der Waals surface area contributed by atoms with Crippen LogP contribution >= 0.6 is 0 Å². The van der Waals surface area contributed by atoms with Crippen LogP contribution in [-0.2, 0) is 4.74 Å². The number of nitrogens with one attached hydrogen (secondary N) is 1. The largest absolute Gasteiger partial charge is 0.478 e. The van der Waals surface area contributed by atoms with Gasteiger partial charge in [-0.05, 0) is 36.8 Å². The minimum Gasteiger partial charge on any atom is -0.478 e. The first-order valence-corrected chi connectivity index (χ1v) is 8.72. The number of amides is 2. The van der Waals surface area contributed by atoms with Crippen LogP contribution in [0.2, 0.25) is 0 Å². The van der Waals surface area contributed by atoms with E-state index < -0.39 is 5.97 Å². The SMILES string of the molecule is C=C[C@@H]1OCC[C@H]1NC(=O)N1CCC(c2ccccc2C(=O)O)CC1. The van der Waals surface area contributed by atoms with E-state index in [4.69, 9.17) is 4.74 Å². The van der Waals surface area contributed by atoms with Gasteiger partial charge in [0.05, 0.1) is 17.7 Å². The van der Waals surface area contributed by atoms with Gasteiger partial charge < -0.3 is 20.1 Å². The summed E-state index contributed by atoms with van der Waals surface area (Å²) in [5.74, 6) is -0.723. The number of aromatic carboxylic acids is 1. The molecular weight excluding hydrogens is 320 g/mol. The van der Waals surface area contributed by atoms with Crippen molar-refractivity contribution in [3.63, 3.8) is 0 Å². The number of ether oxygens (including phenoxy) is 1. The minimum absolute atomic E-state index is 0.0181. The number of nitrogens with zero attached hydrogens (tertiary/aromatic N) is 1. The van der Waals surface area contributed by atoms with E-state index in [2.05, 4.69) is 11.9 Å². The maximum atomic E-state index is 12.5. The summed E-state index contributed by atoms with van der Waals surface area (Å²) >= 11 is 0. The fraction of sp³-hybridized carbons (Fsp3) is 0.474. The molecule has 2 heterocycles. The van der Waals surface area contributed by atoms with E-state index in [1.807, 2.05) is 12.1 Å². The van der Waals surface area contributed by atoms with Crippen molar-refractivity contribution < 1.29 is 19.4 Å². The molecule has 0 bridgehead atoms. The van der Waals surface area contributed by atoms with Gasteiger partial charge in [-0.25, -0.2) is 9.59 Å². The molecule has 2 atom stereocenters. The summed E-state index contributed by atoms with van der Waals surface area (Å²) in [6, 6.07) is 7.05. The third kappa shape index (κ3) is 3.85. The number of likely N-dealkylation sites (tertiary alicyclic amines) is 1. The predicted molar refractivity (Wildman–Crippen MR) is 93.8 cm³/mol. The summed E-state index contributed by atoms with van der Waals surface area (Å²) in [5, 5.41) is 12.4. The van der Waals surface area contributed by atoms with E-state index in [1.165, 1.54) is 0 Å². The quantitative estimate of drug-likeness (QED) is 0.823. The molecule has 0 spiro atoms. The highest BCUT2D eigenvalue weighted by atomic mass is 16.5. The molecule has 2 N–H and O–H groups in total. The van der Waals surface area contributed by atoms with E-state index in [1.54, 1.807) is 23.1 Å². The molecule has 0 aliphatic carbocycles. The summed E-state index contributed by atoms with van der Waals surface area (Å²) in [5.41, 5.74) is 1.23. The van der Waals surface area contributed by atoms with Crippen molar-refractivity contribution in [1.29, 1.82) is 0 Å². The van der Waals surface area contributed by atoms with Gasteiger partial charge >= 0.3 is 12.0 Å². The van der Waals surface area contributed by atoms with E-state index in [0.29, 0.717) is 25.3 Å². The van der Waals surface area contributed by atoms with Crippen molar-refractivity contribution in [2.24, 2.45) is 0 Å². The van der Waals surface area contributed by atoms with Crippen LogP contribution in [0.4, 0.5) is 4.79 Å².